The van der Waals surface area contributed by atoms with Crippen molar-refractivity contribution in [1.29, 1.82) is 0 Å². The highest BCUT2D eigenvalue weighted by molar-refractivity contribution is 5.96. The molecule has 0 N–H and O–H groups in total. The number of benzene rings is 1. The number of anilines is 2. The van der Waals surface area contributed by atoms with Gasteiger partial charge in [0.25, 0.3) is 0 Å². The SMILES string of the molecule is CCN(CC)C(=O)N1CCN(CCN(C)C)c2ccccc21. The van der Waals surface area contributed by atoms with Gasteiger partial charge in [-0.15, -0.1) is 0 Å². The molecule has 0 bridgehead atoms. The zero-order valence-corrected chi connectivity index (χ0v) is 14.2. The van der Waals surface area contributed by atoms with E-state index in [4.69, 9.17) is 0 Å². The Morgan fingerprint density at radius 2 is 1.73 bits per heavy atom. The summed E-state index contributed by atoms with van der Waals surface area (Å²) in [6.07, 6.45) is 0. The number of hydrogen-bond donors (Lipinski definition) is 0. The van der Waals surface area contributed by atoms with Crippen LogP contribution in [0, 0.1) is 0 Å². The predicted octanol–water partition coefficient (Wildman–Crippen LogP) is 2.34. The van der Waals surface area contributed by atoms with Crippen LogP contribution in [0.4, 0.5) is 16.2 Å². The van der Waals surface area contributed by atoms with Crippen molar-refractivity contribution >= 4 is 17.4 Å². The lowest BCUT2D eigenvalue weighted by atomic mass is 10.1. The predicted molar refractivity (Wildman–Crippen MR) is 92.9 cm³/mol. The van der Waals surface area contributed by atoms with Crippen molar-refractivity contribution in [2.24, 2.45) is 0 Å². The quantitative estimate of drug-likeness (QED) is 0.836. The molecule has 1 heterocycles. The summed E-state index contributed by atoms with van der Waals surface area (Å²) in [5.41, 5.74) is 2.19. The van der Waals surface area contributed by atoms with E-state index in [2.05, 4.69) is 36.0 Å². The van der Waals surface area contributed by atoms with E-state index >= 15 is 0 Å². The number of carbonyl (C=O) groups is 1. The minimum atomic E-state index is 0.115. The van der Waals surface area contributed by atoms with E-state index in [1.165, 1.54) is 0 Å². The summed E-state index contributed by atoms with van der Waals surface area (Å²) in [5.74, 6) is 0. The molecular formula is C17H28N4O. The van der Waals surface area contributed by atoms with Gasteiger partial charge in [-0.25, -0.2) is 4.79 Å². The summed E-state index contributed by atoms with van der Waals surface area (Å²) in [6.45, 7) is 9.19. The van der Waals surface area contributed by atoms with E-state index in [9.17, 15) is 4.79 Å². The van der Waals surface area contributed by atoms with Crippen molar-refractivity contribution in [1.82, 2.24) is 9.80 Å². The molecule has 0 radical (unpaired) electrons. The summed E-state index contributed by atoms with van der Waals surface area (Å²) >= 11 is 0. The molecule has 22 heavy (non-hydrogen) atoms. The number of hydrogen-bond acceptors (Lipinski definition) is 3. The topological polar surface area (TPSA) is 30.0 Å². The lowest BCUT2D eigenvalue weighted by Gasteiger charge is -2.39. The Morgan fingerprint density at radius 3 is 2.32 bits per heavy atom. The number of urea groups is 1. The lowest BCUT2D eigenvalue weighted by molar-refractivity contribution is 0.210. The summed E-state index contributed by atoms with van der Waals surface area (Å²) in [5, 5.41) is 0. The number of amides is 2. The molecule has 0 aromatic heterocycles. The van der Waals surface area contributed by atoms with Gasteiger partial charge >= 0.3 is 6.03 Å². The van der Waals surface area contributed by atoms with Crippen LogP contribution < -0.4 is 9.80 Å². The van der Waals surface area contributed by atoms with E-state index in [0.717, 1.165) is 50.6 Å². The van der Waals surface area contributed by atoms with E-state index in [1.54, 1.807) is 0 Å². The monoisotopic (exact) mass is 304 g/mol. The maximum Gasteiger partial charge on any atom is 0.324 e. The summed E-state index contributed by atoms with van der Waals surface area (Å²) in [7, 11) is 4.18. The molecule has 5 nitrogen and oxygen atoms in total. The Labute approximate surface area is 134 Å². The molecule has 1 aromatic carbocycles. The molecule has 1 aromatic rings. The molecule has 0 unspecified atom stereocenters. The van der Waals surface area contributed by atoms with Crippen molar-refractivity contribution in [3.63, 3.8) is 0 Å². The summed E-state index contributed by atoms with van der Waals surface area (Å²) in [4.78, 5) is 21.1. The largest absolute Gasteiger partial charge is 0.367 e. The number of carbonyl (C=O) groups excluding carboxylic acids is 1. The lowest BCUT2D eigenvalue weighted by Crippen LogP contribution is -2.50. The second-order valence-corrected chi connectivity index (χ2v) is 5.89. The van der Waals surface area contributed by atoms with Crippen LogP contribution in [0.15, 0.2) is 24.3 Å². The van der Waals surface area contributed by atoms with Gasteiger partial charge in [0.2, 0.25) is 0 Å². The van der Waals surface area contributed by atoms with Gasteiger partial charge in [-0.3, -0.25) is 4.90 Å². The maximum atomic E-state index is 12.7. The Balaban J connectivity index is 2.22. The van der Waals surface area contributed by atoms with Gasteiger partial charge in [-0.1, -0.05) is 12.1 Å². The Bertz CT molecular complexity index is 499. The Morgan fingerprint density at radius 1 is 1.09 bits per heavy atom. The van der Waals surface area contributed by atoms with Crippen LogP contribution in [0.2, 0.25) is 0 Å². The standard InChI is InChI=1S/C17H28N4O/c1-5-19(6-2)17(22)21-14-13-20(12-11-18(3)4)15-9-7-8-10-16(15)21/h7-10H,5-6,11-14H2,1-4H3. The number of rotatable bonds is 5. The van der Waals surface area contributed by atoms with Crippen LogP contribution in [-0.4, -0.2) is 69.2 Å². The number of likely N-dealkylation sites (N-methyl/N-ethyl adjacent to an activating group) is 1. The third kappa shape index (κ3) is 3.53. The zero-order valence-electron chi connectivity index (χ0n) is 14.2. The zero-order chi connectivity index (χ0) is 16.1. The summed E-state index contributed by atoms with van der Waals surface area (Å²) < 4.78 is 0. The fourth-order valence-electron chi connectivity index (χ4n) is 2.84. The highest BCUT2D eigenvalue weighted by Gasteiger charge is 2.28. The maximum absolute atomic E-state index is 12.7. The number of para-hydroxylation sites is 2. The van der Waals surface area contributed by atoms with Gasteiger partial charge in [-0.2, -0.15) is 0 Å². The second kappa shape index (κ2) is 7.49. The molecule has 2 rings (SSSR count). The second-order valence-electron chi connectivity index (χ2n) is 5.89. The Hall–Kier alpha value is -1.75. The minimum absolute atomic E-state index is 0.115. The first-order chi connectivity index (χ1) is 10.6. The van der Waals surface area contributed by atoms with Crippen LogP contribution >= 0.6 is 0 Å². The van der Waals surface area contributed by atoms with E-state index in [-0.39, 0.29) is 6.03 Å². The first kappa shape index (κ1) is 16.6. The highest BCUT2D eigenvalue weighted by Crippen LogP contribution is 2.33. The van der Waals surface area contributed by atoms with Crippen molar-refractivity contribution in [2.45, 2.75) is 13.8 Å². The third-order valence-electron chi connectivity index (χ3n) is 4.19. The molecule has 0 saturated heterocycles. The van der Waals surface area contributed by atoms with Crippen LogP contribution in [0.3, 0.4) is 0 Å². The van der Waals surface area contributed by atoms with Gasteiger partial charge in [0.15, 0.2) is 0 Å². The van der Waals surface area contributed by atoms with Crippen LogP contribution in [0.25, 0.3) is 0 Å². The van der Waals surface area contributed by atoms with Crippen LogP contribution in [-0.2, 0) is 0 Å². The molecule has 2 amide bonds. The number of nitrogens with zero attached hydrogens (tertiary/aromatic N) is 4. The van der Waals surface area contributed by atoms with Crippen molar-refractivity contribution < 1.29 is 4.79 Å². The normalized spacial score (nSPS) is 14.2. The van der Waals surface area contributed by atoms with Gasteiger partial charge < -0.3 is 14.7 Å². The van der Waals surface area contributed by atoms with Crippen molar-refractivity contribution in [2.75, 3.05) is 63.2 Å². The molecular weight excluding hydrogens is 276 g/mol. The van der Waals surface area contributed by atoms with Crippen LogP contribution in [0.1, 0.15) is 13.8 Å². The van der Waals surface area contributed by atoms with Crippen LogP contribution in [0.5, 0.6) is 0 Å². The molecule has 1 aliphatic rings. The van der Waals surface area contributed by atoms with Crippen molar-refractivity contribution in [3.8, 4) is 0 Å². The molecule has 122 valence electrons. The first-order valence-electron chi connectivity index (χ1n) is 8.13. The average molecular weight is 304 g/mol. The smallest absolute Gasteiger partial charge is 0.324 e. The summed E-state index contributed by atoms with van der Waals surface area (Å²) in [6, 6.07) is 8.35. The van der Waals surface area contributed by atoms with Crippen molar-refractivity contribution in [3.05, 3.63) is 24.3 Å². The fourth-order valence-corrected chi connectivity index (χ4v) is 2.84. The van der Waals surface area contributed by atoms with E-state index < -0.39 is 0 Å². The minimum Gasteiger partial charge on any atom is -0.367 e. The van der Waals surface area contributed by atoms with E-state index in [1.807, 2.05) is 35.8 Å². The molecule has 0 aliphatic carbocycles. The van der Waals surface area contributed by atoms with E-state index in [0.29, 0.717) is 0 Å². The van der Waals surface area contributed by atoms with Gasteiger partial charge in [0.1, 0.15) is 0 Å². The first-order valence-corrected chi connectivity index (χ1v) is 8.13. The number of fused-ring (bicyclic) bond motifs is 1. The van der Waals surface area contributed by atoms with Gasteiger partial charge in [-0.05, 0) is 40.1 Å². The molecule has 0 fully saturated rings. The third-order valence-corrected chi connectivity index (χ3v) is 4.19. The molecule has 0 spiro atoms. The van der Waals surface area contributed by atoms with Gasteiger partial charge in [0.05, 0.1) is 11.4 Å². The Kier molecular flexibility index (Phi) is 5.66. The molecule has 5 heteroatoms. The molecule has 1 aliphatic heterocycles. The molecule has 0 atom stereocenters. The highest BCUT2D eigenvalue weighted by atomic mass is 16.2. The average Bonchev–Trinajstić information content (AvgIpc) is 2.53. The molecule has 0 saturated carbocycles. The van der Waals surface area contributed by atoms with Gasteiger partial charge in [0, 0.05) is 39.3 Å². The fraction of sp³-hybridized carbons (Fsp3) is 0.588.